The molecule has 2 N–H and O–H groups in total. The van der Waals surface area contributed by atoms with Crippen LogP contribution in [0.3, 0.4) is 0 Å². The number of ether oxygens (including phenoxy) is 1. The number of hydrogen-bond donors (Lipinski definition) is 2. The number of anilines is 1. The summed E-state index contributed by atoms with van der Waals surface area (Å²) < 4.78 is 29.4. The zero-order valence-corrected chi connectivity index (χ0v) is 12.8. The van der Waals surface area contributed by atoms with E-state index in [1.807, 2.05) is 6.92 Å². The number of rotatable bonds is 8. The predicted molar refractivity (Wildman–Crippen MR) is 80.6 cm³/mol. The van der Waals surface area contributed by atoms with Gasteiger partial charge in [-0.1, -0.05) is 13.0 Å². The van der Waals surface area contributed by atoms with E-state index in [-0.39, 0.29) is 19.2 Å². The van der Waals surface area contributed by atoms with Gasteiger partial charge < -0.3 is 20.1 Å². The van der Waals surface area contributed by atoms with Gasteiger partial charge in [0.2, 0.25) is 0 Å². The number of aliphatic hydroxyl groups excluding tert-OH is 1. The minimum absolute atomic E-state index is 0.121. The monoisotopic (exact) mass is 316 g/mol. The Morgan fingerprint density at radius 1 is 1.41 bits per heavy atom. The molecule has 0 heterocycles. The van der Waals surface area contributed by atoms with Crippen molar-refractivity contribution in [3.63, 3.8) is 0 Å². The maximum absolute atomic E-state index is 12.2. The molecule has 124 valence electrons. The second kappa shape index (κ2) is 9.19. The fourth-order valence-corrected chi connectivity index (χ4v) is 1.89. The van der Waals surface area contributed by atoms with Crippen LogP contribution in [0.2, 0.25) is 0 Å². The third-order valence-electron chi connectivity index (χ3n) is 2.95. The van der Waals surface area contributed by atoms with Gasteiger partial charge in [-0.2, -0.15) is 0 Å². The van der Waals surface area contributed by atoms with E-state index in [1.165, 1.54) is 11.0 Å². The van der Waals surface area contributed by atoms with E-state index in [9.17, 15) is 13.6 Å². The number of hydrogen-bond acceptors (Lipinski definition) is 3. The Balaban J connectivity index is 2.75. The molecule has 0 unspecified atom stereocenters. The zero-order valence-electron chi connectivity index (χ0n) is 12.8. The van der Waals surface area contributed by atoms with Gasteiger partial charge in [0.15, 0.2) is 0 Å². The second-order valence-corrected chi connectivity index (χ2v) is 4.82. The summed E-state index contributed by atoms with van der Waals surface area (Å²) in [4.78, 5) is 13.6. The Kier molecular flexibility index (Phi) is 7.59. The molecule has 7 heteroatoms. The van der Waals surface area contributed by atoms with Gasteiger partial charge in [-0.15, -0.1) is 0 Å². The molecule has 5 nitrogen and oxygen atoms in total. The Morgan fingerprint density at radius 2 is 2.14 bits per heavy atom. The molecular weight excluding hydrogens is 294 g/mol. The van der Waals surface area contributed by atoms with E-state index < -0.39 is 13.0 Å². The third-order valence-corrected chi connectivity index (χ3v) is 2.95. The molecule has 0 aliphatic carbocycles. The van der Waals surface area contributed by atoms with Crippen LogP contribution in [0.15, 0.2) is 18.2 Å². The number of nitrogens with one attached hydrogen (secondary N) is 1. The van der Waals surface area contributed by atoms with Crippen LogP contribution in [0.1, 0.15) is 18.9 Å². The number of carbonyl (C=O) groups excluding carboxylic acids is 1. The molecule has 0 spiro atoms. The summed E-state index contributed by atoms with van der Waals surface area (Å²) >= 11 is 0. The SMILES string of the molecule is CCCN(CCO)C(=O)Nc1ccc(C)c(OCC(F)F)c1. The van der Waals surface area contributed by atoms with E-state index in [4.69, 9.17) is 9.84 Å². The van der Waals surface area contributed by atoms with Gasteiger partial charge in [-0.3, -0.25) is 0 Å². The number of benzene rings is 1. The average molecular weight is 316 g/mol. The van der Waals surface area contributed by atoms with Crippen molar-refractivity contribution in [3.8, 4) is 5.75 Å². The van der Waals surface area contributed by atoms with Gasteiger partial charge in [0.25, 0.3) is 6.43 Å². The van der Waals surface area contributed by atoms with Gasteiger partial charge in [-0.25, -0.2) is 13.6 Å². The summed E-state index contributed by atoms with van der Waals surface area (Å²) in [7, 11) is 0. The van der Waals surface area contributed by atoms with Gasteiger partial charge in [0.1, 0.15) is 12.4 Å². The second-order valence-electron chi connectivity index (χ2n) is 4.82. The van der Waals surface area contributed by atoms with Crippen molar-refractivity contribution < 1.29 is 23.4 Å². The lowest BCUT2D eigenvalue weighted by Gasteiger charge is -2.21. The molecule has 0 aliphatic rings. The van der Waals surface area contributed by atoms with Gasteiger partial charge >= 0.3 is 6.03 Å². The topological polar surface area (TPSA) is 61.8 Å². The highest BCUT2D eigenvalue weighted by molar-refractivity contribution is 5.89. The maximum Gasteiger partial charge on any atom is 0.321 e. The summed E-state index contributed by atoms with van der Waals surface area (Å²) in [6.45, 7) is 3.61. The number of nitrogens with zero attached hydrogens (tertiary/aromatic N) is 1. The first-order valence-electron chi connectivity index (χ1n) is 7.16. The van der Waals surface area contributed by atoms with Crippen molar-refractivity contribution in [1.82, 2.24) is 4.90 Å². The predicted octanol–water partition coefficient (Wildman–Crippen LogP) is 2.88. The smallest absolute Gasteiger partial charge is 0.321 e. The fraction of sp³-hybridized carbons (Fsp3) is 0.533. The first kappa shape index (κ1) is 18.2. The summed E-state index contributed by atoms with van der Waals surface area (Å²) in [6.07, 6.45) is -1.79. The molecule has 0 atom stereocenters. The van der Waals surface area contributed by atoms with Crippen molar-refractivity contribution in [2.24, 2.45) is 0 Å². The molecule has 0 saturated heterocycles. The van der Waals surface area contributed by atoms with E-state index in [0.717, 1.165) is 6.42 Å². The lowest BCUT2D eigenvalue weighted by molar-refractivity contribution is 0.0816. The summed E-state index contributed by atoms with van der Waals surface area (Å²) in [6, 6.07) is 4.52. The Labute approximate surface area is 128 Å². The van der Waals surface area contributed by atoms with E-state index in [0.29, 0.717) is 23.5 Å². The molecule has 0 aromatic heterocycles. The van der Waals surface area contributed by atoms with Crippen LogP contribution >= 0.6 is 0 Å². The van der Waals surface area contributed by atoms with Crippen LogP contribution in [0.25, 0.3) is 0 Å². The number of aryl methyl sites for hydroxylation is 1. The first-order valence-corrected chi connectivity index (χ1v) is 7.16. The summed E-state index contributed by atoms with van der Waals surface area (Å²) in [5.41, 5.74) is 1.17. The molecule has 2 amide bonds. The Hall–Kier alpha value is -1.89. The molecule has 0 bridgehead atoms. The molecule has 0 saturated carbocycles. The van der Waals surface area contributed by atoms with Crippen molar-refractivity contribution in [2.75, 3.05) is 31.6 Å². The standard InChI is InChI=1S/C15H22F2N2O3/c1-3-6-19(7-8-20)15(21)18-12-5-4-11(2)13(9-12)22-10-14(16)17/h4-5,9,14,20H,3,6-8,10H2,1-2H3,(H,18,21). The summed E-state index contributed by atoms with van der Waals surface area (Å²) in [5.74, 6) is 0.308. The van der Waals surface area contributed by atoms with Crippen molar-refractivity contribution in [2.45, 2.75) is 26.7 Å². The number of halogens is 2. The van der Waals surface area contributed by atoms with Gasteiger partial charge in [0, 0.05) is 24.8 Å². The third kappa shape index (κ3) is 5.85. The van der Waals surface area contributed by atoms with Crippen LogP contribution in [0, 0.1) is 6.92 Å². The largest absolute Gasteiger partial charge is 0.487 e. The molecule has 0 radical (unpaired) electrons. The highest BCUT2D eigenvalue weighted by Gasteiger charge is 2.13. The van der Waals surface area contributed by atoms with Crippen LogP contribution in [0.5, 0.6) is 5.75 Å². The number of carbonyl (C=O) groups is 1. The van der Waals surface area contributed by atoms with Gasteiger partial charge in [-0.05, 0) is 25.0 Å². The quantitative estimate of drug-likeness (QED) is 0.775. The van der Waals surface area contributed by atoms with E-state index >= 15 is 0 Å². The van der Waals surface area contributed by atoms with Crippen LogP contribution in [-0.2, 0) is 0 Å². The van der Waals surface area contributed by atoms with Crippen LogP contribution in [-0.4, -0.2) is 48.8 Å². The van der Waals surface area contributed by atoms with Gasteiger partial charge in [0.05, 0.1) is 6.61 Å². The fourth-order valence-electron chi connectivity index (χ4n) is 1.89. The first-order chi connectivity index (χ1) is 10.5. The lowest BCUT2D eigenvalue weighted by Crippen LogP contribution is -2.37. The van der Waals surface area contributed by atoms with Crippen LogP contribution < -0.4 is 10.1 Å². The van der Waals surface area contributed by atoms with Crippen molar-refractivity contribution >= 4 is 11.7 Å². The highest BCUT2D eigenvalue weighted by atomic mass is 19.3. The molecule has 1 aromatic carbocycles. The molecule has 0 fully saturated rings. The number of urea groups is 1. The normalized spacial score (nSPS) is 10.6. The molecule has 1 aromatic rings. The number of alkyl halides is 2. The minimum atomic E-state index is -2.55. The summed E-state index contributed by atoms with van der Waals surface area (Å²) in [5, 5.41) is 11.6. The van der Waals surface area contributed by atoms with Crippen LogP contribution in [0.4, 0.5) is 19.3 Å². The molecule has 0 aliphatic heterocycles. The zero-order chi connectivity index (χ0) is 16.5. The maximum atomic E-state index is 12.2. The molecule has 22 heavy (non-hydrogen) atoms. The highest BCUT2D eigenvalue weighted by Crippen LogP contribution is 2.23. The molecular formula is C15H22F2N2O3. The Bertz CT molecular complexity index is 478. The average Bonchev–Trinajstić information content (AvgIpc) is 2.47. The van der Waals surface area contributed by atoms with Crippen molar-refractivity contribution in [1.29, 1.82) is 0 Å². The van der Waals surface area contributed by atoms with E-state index in [1.54, 1.807) is 19.1 Å². The number of amides is 2. The lowest BCUT2D eigenvalue weighted by atomic mass is 10.2. The minimum Gasteiger partial charge on any atom is -0.487 e. The van der Waals surface area contributed by atoms with E-state index in [2.05, 4.69) is 5.32 Å². The van der Waals surface area contributed by atoms with Crippen molar-refractivity contribution in [3.05, 3.63) is 23.8 Å². The molecule has 1 rings (SSSR count). The Morgan fingerprint density at radius 3 is 2.73 bits per heavy atom. The number of aliphatic hydroxyl groups is 1.